The quantitative estimate of drug-likeness (QED) is 0.622. The molecule has 0 saturated carbocycles. The number of hydrogen-bond acceptors (Lipinski definition) is 4. The molecule has 0 aliphatic heterocycles. The number of carbonyl (C=O) groups is 1. The predicted octanol–water partition coefficient (Wildman–Crippen LogP) is 2.54. The van der Waals surface area contributed by atoms with E-state index in [0.717, 1.165) is 13.3 Å². The van der Waals surface area contributed by atoms with Crippen LogP contribution >= 0.6 is 11.6 Å². The largest absolute Gasteiger partial charge is 0.573 e. The number of pyridine rings is 1. The fourth-order valence-corrected chi connectivity index (χ4v) is 1.33. The van der Waals surface area contributed by atoms with Crippen molar-refractivity contribution in [3.8, 4) is 11.5 Å². The molecule has 0 amide bonds. The molecular formula is C9H7ClF3NO3. The van der Waals surface area contributed by atoms with Crippen molar-refractivity contribution < 1.29 is 27.4 Å². The molecule has 0 saturated heterocycles. The molecule has 0 aliphatic rings. The Balaban J connectivity index is 3.35. The molecule has 0 aliphatic carbocycles. The number of methoxy groups -OCH3 is 1. The standard InChI is InChI=1S/C9H7ClF3NO3/c1-16-8-6(2-10)14-3-5(4-15)7(8)17-9(11,12)13/h3-4H,2H2,1H3. The lowest BCUT2D eigenvalue weighted by Gasteiger charge is -2.15. The Morgan fingerprint density at radius 3 is 2.53 bits per heavy atom. The van der Waals surface area contributed by atoms with Gasteiger partial charge in [-0.1, -0.05) is 0 Å². The zero-order valence-corrected chi connectivity index (χ0v) is 9.30. The van der Waals surface area contributed by atoms with E-state index in [1.165, 1.54) is 0 Å². The van der Waals surface area contributed by atoms with Crippen LogP contribution in [0.5, 0.6) is 11.5 Å². The van der Waals surface area contributed by atoms with Gasteiger partial charge in [0, 0.05) is 6.20 Å². The van der Waals surface area contributed by atoms with Crippen LogP contribution in [0.4, 0.5) is 13.2 Å². The van der Waals surface area contributed by atoms with Crippen LogP contribution in [-0.2, 0) is 5.88 Å². The van der Waals surface area contributed by atoms with Crippen LogP contribution in [0.3, 0.4) is 0 Å². The van der Waals surface area contributed by atoms with Gasteiger partial charge >= 0.3 is 6.36 Å². The number of aldehydes is 1. The van der Waals surface area contributed by atoms with Crippen LogP contribution in [0.1, 0.15) is 16.1 Å². The van der Waals surface area contributed by atoms with Crippen molar-refractivity contribution in [2.45, 2.75) is 12.2 Å². The molecule has 94 valence electrons. The summed E-state index contributed by atoms with van der Waals surface area (Å²) in [7, 11) is 1.13. The molecule has 0 atom stereocenters. The monoisotopic (exact) mass is 269 g/mol. The highest BCUT2D eigenvalue weighted by atomic mass is 35.5. The molecule has 0 aromatic carbocycles. The van der Waals surface area contributed by atoms with Crippen molar-refractivity contribution >= 4 is 17.9 Å². The van der Waals surface area contributed by atoms with Gasteiger partial charge in [-0.2, -0.15) is 0 Å². The average Bonchev–Trinajstić information content (AvgIpc) is 2.26. The molecule has 0 bridgehead atoms. The topological polar surface area (TPSA) is 48.4 Å². The van der Waals surface area contributed by atoms with Crippen molar-refractivity contribution in [2.75, 3.05) is 7.11 Å². The van der Waals surface area contributed by atoms with E-state index in [-0.39, 0.29) is 29.2 Å². The SMILES string of the molecule is COc1c(CCl)ncc(C=O)c1OC(F)(F)F. The highest BCUT2D eigenvalue weighted by Gasteiger charge is 2.34. The normalized spacial score (nSPS) is 11.1. The summed E-state index contributed by atoms with van der Waals surface area (Å²) >= 11 is 5.48. The molecule has 1 aromatic heterocycles. The second kappa shape index (κ2) is 5.22. The molecule has 0 N–H and O–H groups in total. The zero-order chi connectivity index (χ0) is 13.1. The van der Waals surface area contributed by atoms with Crippen molar-refractivity contribution in [1.29, 1.82) is 0 Å². The molecule has 0 fully saturated rings. The average molecular weight is 270 g/mol. The first-order chi connectivity index (χ1) is 7.92. The van der Waals surface area contributed by atoms with Gasteiger partial charge in [-0.25, -0.2) is 0 Å². The molecule has 0 spiro atoms. The lowest BCUT2D eigenvalue weighted by molar-refractivity contribution is -0.275. The van der Waals surface area contributed by atoms with Crippen molar-refractivity contribution in [3.63, 3.8) is 0 Å². The van der Waals surface area contributed by atoms with Gasteiger partial charge in [-0.15, -0.1) is 24.8 Å². The molecule has 0 radical (unpaired) electrons. The third-order valence-corrected chi connectivity index (χ3v) is 2.02. The van der Waals surface area contributed by atoms with Crippen LogP contribution in [0, 0.1) is 0 Å². The smallest absolute Gasteiger partial charge is 0.491 e. The maximum atomic E-state index is 12.2. The summed E-state index contributed by atoms with van der Waals surface area (Å²) < 4.78 is 44.9. The van der Waals surface area contributed by atoms with Crippen LogP contribution in [0.15, 0.2) is 6.20 Å². The summed E-state index contributed by atoms with van der Waals surface area (Å²) in [5, 5.41) is 0. The van der Waals surface area contributed by atoms with E-state index in [2.05, 4.69) is 9.72 Å². The van der Waals surface area contributed by atoms with Gasteiger partial charge in [-0.3, -0.25) is 9.78 Å². The minimum atomic E-state index is -4.93. The summed E-state index contributed by atoms with van der Waals surface area (Å²) in [6, 6.07) is 0. The third-order valence-electron chi connectivity index (χ3n) is 1.77. The molecule has 17 heavy (non-hydrogen) atoms. The maximum absolute atomic E-state index is 12.2. The van der Waals surface area contributed by atoms with E-state index in [1.807, 2.05) is 0 Å². The molecule has 4 nitrogen and oxygen atoms in total. The number of hydrogen-bond donors (Lipinski definition) is 0. The summed E-state index contributed by atoms with van der Waals surface area (Å²) in [6.45, 7) is 0. The van der Waals surface area contributed by atoms with E-state index < -0.39 is 12.1 Å². The third kappa shape index (κ3) is 3.23. The van der Waals surface area contributed by atoms with Gasteiger partial charge in [0.15, 0.2) is 17.8 Å². The van der Waals surface area contributed by atoms with Crippen LogP contribution in [0.25, 0.3) is 0 Å². The first-order valence-corrected chi connectivity index (χ1v) is 4.79. The Hall–Kier alpha value is -1.50. The minimum Gasteiger partial charge on any atom is -0.491 e. The van der Waals surface area contributed by atoms with Gasteiger partial charge in [-0.05, 0) is 0 Å². The lowest BCUT2D eigenvalue weighted by Crippen LogP contribution is -2.19. The molecule has 1 heterocycles. The Morgan fingerprint density at radius 1 is 1.47 bits per heavy atom. The van der Waals surface area contributed by atoms with E-state index in [9.17, 15) is 18.0 Å². The first-order valence-electron chi connectivity index (χ1n) is 4.25. The van der Waals surface area contributed by atoms with Crippen molar-refractivity contribution in [2.24, 2.45) is 0 Å². The van der Waals surface area contributed by atoms with Gasteiger partial charge in [0.1, 0.15) is 5.69 Å². The number of nitrogens with zero attached hydrogens (tertiary/aromatic N) is 1. The van der Waals surface area contributed by atoms with Gasteiger partial charge in [0.25, 0.3) is 0 Å². The minimum absolute atomic E-state index is 0.0546. The number of aromatic nitrogens is 1. The fraction of sp³-hybridized carbons (Fsp3) is 0.333. The van der Waals surface area contributed by atoms with Gasteiger partial charge < -0.3 is 9.47 Å². The molecule has 1 rings (SSSR count). The molecule has 8 heteroatoms. The number of carbonyl (C=O) groups excluding carboxylic acids is 1. The highest BCUT2D eigenvalue weighted by molar-refractivity contribution is 6.17. The van der Waals surface area contributed by atoms with Crippen LogP contribution < -0.4 is 9.47 Å². The van der Waals surface area contributed by atoms with E-state index in [1.54, 1.807) is 0 Å². The number of rotatable bonds is 4. The molecule has 1 aromatic rings. The number of ether oxygens (including phenoxy) is 2. The molecule has 0 unspecified atom stereocenters. The Morgan fingerprint density at radius 2 is 2.12 bits per heavy atom. The van der Waals surface area contributed by atoms with Crippen LogP contribution in [-0.4, -0.2) is 24.7 Å². The van der Waals surface area contributed by atoms with Crippen molar-refractivity contribution in [3.05, 3.63) is 17.5 Å². The van der Waals surface area contributed by atoms with Gasteiger partial charge in [0.2, 0.25) is 0 Å². The second-order valence-corrected chi connectivity index (χ2v) is 3.09. The molecular weight excluding hydrogens is 263 g/mol. The van der Waals surface area contributed by atoms with E-state index in [4.69, 9.17) is 16.3 Å². The summed E-state index contributed by atoms with van der Waals surface area (Å²) in [5.74, 6) is -1.21. The lowest BCUT2D eigenvalue weighted by atomic mass is 10.2. The summed E-state index contributed by atoms with van der Waals surface area (Å²) in [4.78, 5) is 14.3. The fourth-order valence-electron chi connectivity index (χ4n) is 1.14. The maximum Gasteiger partial charge on any atom is 0.573 e. The Bertz CT molecular complexity index is 423. The number of alkyl halides is 4. The second-order valence-electron chi connectivity index (χ2n) is 2.82. The van der Waals surface area contributed by atoms with Crippen molar-refractivity contribution in [1.82, 2.24) is 4.98 Å². The van der Waals surface area contributed by atoms with Gasteiger partial charge in [0.05, 0.1) is 18.6 Å². The highest BCUT2D eigenvalue weighted by Crippen LogP contribution is 2.37. The number of halogens is 4. The zero-order valence-electron chi connectivity index (χ0n) is 8.55. The predicted molar refractivity (Wildman–Crippen MR) is 52.4 cm³/mol. The van der Waals surface area contributed by atoms with Crippen LogP contribution in [0.2, 0.25) is 0 Å². The Labute approximate surface area is 99.3 Å². The van der Waals surface area contributed by atoms with E-state index in [0.29, 0.717) is 0 Å². The Kier molecular flexibility index (Phi) is 4.17. The van der Waals surface area contributed by atoms with E-state index >= 15 is 0 Å². The summed E-state index contributed by atoms with van der Waals surface area (Å²) in [6.07, 6.45) is -3.81. The first kappa shape index (κ1) is 13.6. The summed E-state index contributed by atoms with van der Waals surface area (Å²) in [5.41, 5.74) is -0.313.